The van der Waals surface area contributed by atoms with Gasteiger partial charge in [-0.1, -0.05) is 0 Å². The summed E-state index contributed by atoms with van der Waals surface area (Å²) in [4.78, 5) is 17.9. The number of hydrogen-bond donors (Lipinski definition) is 0. The quantitative estimate of drug-likeness (QED) is 0.864. The van der Waals surface area contributed by atoms with Crippen LogP contribution in [0.15, 0.2) is 24.0 Å². The van der Waals surface area contributed by atoms with E-state index in [9.17, 15) is 0 Å². The zero-order valence-electron chi connectivity index (χ0n) is 11.9. The molecule has 1 fully saturated rings. The van der Waals surface area contributed by atoms with Gasteiger partial charge in [0, 0.05) is 25.7 Å². The van der Waals surface area contributed by atoms with Crippen LogP contribution in [0.5, 0.6) is 0 Å². The molecule has 106 valence electrons. The largest absolute Gasteiger partial charge is 0.361 e. The van der Waals surface area contributed by atoms with Crippen molar-refractivity contribution in [2.45, 2.75) is 25.4 Å². The van der Waals surface area contributed by atoms with Crippen LogP contribution in [0.3, 0.4) is 0 Å². The Hall–Kier alpha value is -1.53. The number of thiazole rings is 1. The van der Waals surface area contributed by atoms with Crippen molar-refractivity contribution in [1.29, 1.82) is 0 Å². The molecule has 0 aromatic carbocycles. The van der Waals surface area contributed by atoms with Crippen molar-refractivity contribution < 1.29 is 0 Å². The maximum absolute atomic E-state index is 4.74. The molecule has 2 aromatic rings. The van der Waals surface area contributed by atoms with E-state index in [1.807, 2.05) is 43.0 Å². The molecular weight excluding hydrogens is 270 g/mol. The number of likely N-dealkylation sites (tertiary alicyclic amines) is 1. The molecule has 0 N–H and O–H groups in total. The van der Waals surface area contributed by atoms with E-state index in [0.717, 1.165) is 31.0 Å². The van der Waals surface area contributed by atoms with E-state index in [-0.39, 0.29) is 0 Å². The summed E-state index contributed by atoms with van der Waals surface area (Å²) in [5.74, 6) is 0.920. The molecule has 0 bridgehead atoms. The van der Waals surface area contributed by atoms with Crippen molar-refractivity contribution in [2.24, 2.45) is 0 Å². The maximum Gasteiger partial charge on any atom is 0.146 e. The lowest BCUT2D eigenvalue weighted by atomic mass is 10.1. The van der Waals surface area contributed by atoms with Gasteiger partial charge in [-0.15, -0.1) is 11.3 Å². The van der Waals surface area contributed by atoms with Crippen molar-refractivity contribution in [1.82, 2.24) is 19.9 Å². The summed E-state index contributed by atoms with van der Waals surface area (Å²) >= 11 is 1.72. The lowest BCUT2D eigenvalue weighted by Gasteiger charge is -2.23. The standard InChI is InChI=1S/C14H19N5S/c1-18(2)13-9-15-8-11(17-13)12-4-3-6-19(12)10-14-16-5-7-20-14/h5,7-9,12H,3-4,6,10H2,1-2H3/t12-/m1/s1. The van der Waals surface area contributed by atoms with E-state index < -0.39 is 0 Å². The predicted octanol–water partition coefficient (Wildman–Crippen LogP) is 2.34. The van der Waals surface area contributed by atoms with Crippen LogP contribution >= 0.6 is 11.3 Å². The van der Waals surface area contributed by atoms with Crippen LogP contribution in [-0.4, -0.2) is 40.5 Å². The highest BCUT2D eigenvalue weighted by molar-refractivity contribution is 7.09. The second kappa shape index (κ2) is 5.85. The van der Waals surface area contributed by atoms with E-state index in [4.69, 9.17) is 4.98 Å². The number of hydrogen-bond acceptors (Lipinski definition) is 6. The fraction of sp³-hybridized carbons (Fsp3) is 0.500. The Kier molecular flexibility index (Phi) is 3.93. The Morgan fingerprint density at radius 1 is 1.40 bits per heavy atom. The molecular formula is C14H19N5S. The number of nitrogens with zero attached hydrogens (tertiary/aromatic N) is 5. The van der Waals surface area contributed by atoms with Gasteiger partial charge in [0.1, 0.15) is 10.8 Å². The minimum atomic E-state index is 0.367. The molecule has 1 saturated heterocycles. The zero-order valence-corrected chi connectivity index (χ0v) is 12.7. The van der Waals surface area contributed by atoms with Gasteiger partial charge in [-0.2, -0.15) is 0 Å². The normalized spacial score (nSPS) is 19.4. The van der Waals surface area contributed by atoms with Crippen molar-refractivity contribution in [2.75, 3.05) is 25.5 Å². The average molecular weight is 289 g/mol. The van der Waals surface area contributed by atoms with Crippen LogP contribution in [0.4, 0.5) is 5.82 Å². The highest BCUT2D eigenvalue weighted by atomic mass is 32.1. The van der Waals surface area contributed by atoms with Crippen molar-refractivity contribution >= 4 is 17.2 Å². The Balaban J connectivity index is 1.79. The third-order valence-electron chi connectivity index (χ3n) is 3.63. The van der Waals surface area contributed by atoms with E-state index in [1.165, 1.54) is 11.4 Å². The fourth-order valence-corrected chi connectivity index (χ4v) is 3.24. The first-order chi connectivity index (χ1) is 9.74. The molecule has 1 aliphatic rings. The molecule has 2 aromatic heterocycles. The smallest absolute Gasteiger partial charge is 0.146 e. The monoisotopic (exact) mass is 289 g/mol. The van der Waals surface area contributed by atoms with Crippen LogP contribution in [0, 0.1) is 0 Å². The first kappa shape index (κ1) is 13.5. The Morgan fingerprint density at radius 2 is 2.30 bits per heavy atom. The minimum Gasteiger partial charge on any atom is -0.361 e. The molecule has 0 unspecified atom stereocenters. The number of anilines is 1. The first-order valence-corrected chi connectivity index (χ1v) is 7.73. The molecule has 0 radical (unpaired) electrons. The minimum absolute atomic E-state index is 0.367. The maximum atomic E-state index is 4.74. The highest BCUT2D eigenvalue weighted by Crippen LogP contribution is 2.32. The van der Waals surface area contributed by atoms with Crippen molar-refractivity contribution in [3.8, 4) is 0 Å². The summed E-state index contributed by atoms with van der Waals surface area (Å²) in [6, 6.07) is 0.367. The molecule has 6 heteroatoms. The molecule has 0 amide bonds. The van der Waals surface area contributed by atoms with Gasteiger partial charge in [-0.25, -0.2) is 9.97 Å². The van der Waals surface area contributed by atoms with Gasteiger partial charge in [0.2, 0.25) is 0 Å². The molecule has 1 aliphatic heterocycles. The van der Waals surface area contributed by atoms with Gasteiger partial charge in [0.15, 0.2) is 0 Å². The van der Waals surface area contributed by atoms with Gasteiger partial charge < -0.3 is 4.90 Å². The molecule has 3 heterocycles. The summed E-state index contributed by atoms with van der Waals surface area (Å²) in [7, 11) is 3.99. The van der Waals surface area contributed by atoms with Crippen LogP contribution in [0.1, 0.15) is 29.6 Å². The van der Waals surface area contributed by atoms with Gasteiger partial charge >= 0.3 is 0 Å². The predicted molar refractivity (Wildman–Crippen MR) is 80.9 cm³/mol. The molecule has 0 saturated carbocycles. The fourth-order valence-electron chi connectivity index (χ4n) is 2.60. The Bertz CT molecular complexity index is 554. The molecule has 5 nitrogen and oxygen atoms in total. The lowest BCUT2D eigenvalue weighted by molar-refractivity contribution is 0.243. The topological polar surface area (TPSA) is 45.2 Å². The summed E-state index contributed by atoms with van der Waals surface area (Å²) < 4.78 is 0. The van der Waals surface area contributed by atoms with E-state index in [0.29, 0.717) is 6.04 Å². The Labute approximate surface area is 123 Å². The van der Waals surface area contributed by atoms with E-state index in [2.05, 4.69) is 14.9 Å². The van der Waals surface area contributed by atoms with Gasteiger partial charge in [0.25, 0.3) is 0 Å². The molecule has 20 heavy (non-hydrogen) atoms. The molecule has 0 spiro atoms. The first-order valence-electron chi connectivity index (χ1n) is 6.86. The SMILES string of the molecule is CN(C)c1cncc([C@H]2CCCN2Cc2nccs2)n1. The third-order valence-corrected chi connectivity index (χ3v) is 4.39. The molecule has 3 rings (SSSR count). The van der Waals surface area contributed by atoms with Crippen LogP contribution in [-0.2, 0) is 6.54 Å². The highest BCUT2D eigenvalue weighted by Gasteiger charge is 2.28. The van der Waals surface area contributed by atoms with Crippen molar-refractivity contribution in [3.63, 3.8) is 0 Å². The van der Waals surface area contributed by atoms with E-state index in [1.54, 1.807) is 11.3 Å². The average Bonchev–Trinajstić information content (AvgIpc) is 3.11. The van der Waals surface area contributed by atoms with Gasteiger partial charge in [0.05, 0.1) is 30.7 Å². The third kappa shape index (κ3) is 2.81. The van der Waals surface area contributed by atoms with Crippen LogP contribution in [0.25, 0.3) is 0 Å². The summed E-state index contributed by atoms with van der Waals surface area (Å²) in [6.07, 6.45) is 7.94. The van der Waals surface area contributed by atoms with Crippen LogP contribution < -0.4 is 4.90 Å². The summed E-state index contributed by atoms with van der Waals surface area (Å²) in [5.41, 5.74) is 1.07. The summed E-state index contributed by atoms with van der Waals surface area (Å²) in [5, 5.41) is 3.21. The van der Waals surface area contributed by atoms with E-state index >= 15 is 0 Å². The summed E-state index contributed by atoms with van der Waals surface area (Å²) in [6.45, 7) is 2.02. The lowest BCUT2D eigenvalue weighted by Crippen LogP contribution is -2.24. The van der Waals surface area contributed by atoms with Crippen LogP contribution in [0.2, 0.25) is 0 Å². The molecule has 0 aliphatic carbocycles. The number of aromatic nitrogens is 3. The second-order valence-corrected chi connectivity index (χ2v) is 6.23. The number of rotatable bonds is 4. The Morgan fingerprint density at radius 3 is 3.05 bits per heavy atom. The second-order valence-electron chi connectivity index (χ2n) is 5.25. The zero-order chi connectivity index (χ0) is 13.9. The van der Waals surface area contributed by atoms with Crippen molar-refractivity contribution in [3.05, 3.63) is 34.7 Å². The molecule has 1 atom stereocenters. The van der Waals surface area contributed by atoms with Gasteiger partial charge in [-0.05, 0) is 19.4 Å². The van der Waals surface area contributed by atoms with Gasteiger partial charge in [-0.3, -0.25) is 9.88 Å².